The molecule has 2 rings (SSSR count). The molecule has 1 N–H and O–H groups in total. The Morgan fingerprint density at radius 2 is 1.86 bits per heavy atom. The Balaban J connectivity index is 2.32. The molecule has 21 heavy (non-hydrogen) atoms. The molecule has 112 valence electrons. The monoisotopic (exact) mass is 290 g/mol. The first-order valence-corrected chi connectivity index (χ1v) is 7.18. The predicted octanol–water partition coefficient (Wildman–Crippen LogP) is 3.14. The molecule has 1 aromatic heterocycles. The lowest BCUT2D eigenvalue weighted by Gasteiger charge is -2.20. The van der Waals surface area contributed by atoms with Crippen LogP contribution in [0.25, 0.3) is 10.9 Å². The summed E-state index contributed by atoms with van der Waals surface area (Å²) in [5, 5.41) is 0.446. The van der Waals surface area contributed by atoms with Gasteiger partial charge in [0.05, 0.1) is 5.56 Å². The highest BCUT2D eigenvalue weighted by atomic mass is 19.1. The lowest BCUT2D eigenvalue weighted by molar-refractivity contribution is -0.126. The van der Waals surface area contributed by atoms with E-state index in [4.69, 9.17) is 0 Å². The molecule has 5 heteroatoms. The van der Waals surface area contributed by atoms with Crippen LogP contribution in [0.15, 0.2) is 24.4 Å². The van der Waals surface area contributed by atoms with E-state index in [1.54, 1.807) is 11.0 Å². The summed E-state index contributed by atoms with van der Waals surface area (Å²) < 4.78 is 13.3. The number of aromatic nitrogens is 1. The lowest BCUT2D eigenvalue weighted by atomic mass is 10.1. The lowest BCUT2D eigenvalue weighted by Crippen LogP contribution is -2.37. The highest BCUT2D eigenvalue weighted by molar-refractivity contribution is 6.44. The summed E-state index contributed by atoms with van der Waals surface area (Å²) in [6.07, 6.45) is 3.06. The third kappa shape index (κ3) is 3.12. The van der Waals surface area contributed by atoms with Gasteiger partial charge >= 0.3 is 0 Å². The molecule has 1 heterocycles. The van der Waals surface area contributed by atoms with E-state index in [-0.39, 0.29) is 5.56 Å². The van der Waals surface area contributed by atoms with Crippen LogP contribution in [0.5, 0.6) is 0 Å². The minimum Gasteiger partial charge on any atom is -0.360 e. The molecule has 1 amide bonds. The number of rotatable bonds is 6. The SMILES string of the molecule is CCCN(CCC)C(=O)C(=O)c1c[nH]c2ccc(F)cc12. The molecule has 0 atom stereocenters. The number of Topliss-reactive ketones (excluding diaryl/α,β-unsaturated/α-hetero) is 1. The molecule has 0 aliphatic rings. The molecule has 0 aliphatic heterocycles. The number of nitrogens with zero attached hydrogens (tertiary/aromatic N) is 1. The van der Waals surface area contributed by atoms with Crippen LogP contribution in [0.2, 0.25) is 0 Å². The fourth-order valence-corrected chi connectivity index (χ4v) is 2.39. The van der Waals surface area contributed by atoms with Gasteiger partial charge in [0.25, 0.3) is 11.7 Å². The van der Waals surface area contributed by atoms with E-state index in [1.807, 2.05) is 13.8 Å². The number of carbonyl (C=O) groups excluding carboxylic acids is 2. The van der Waals surface area contributed by atoms with Crippen molar-refractivity contribution in [2.24, 2.45) is 0 Å². The Labute approximate surface area is 122 Å². The number of ketones is 1. The quantitative estimate of drug-likeness (QED) is 0.656. The smallest absolute Gasteiger partial charge is 0.295 e. The van der Waals surface area contributed by atoms with Crippen molar-refractivity contribution in [2.45, 2.75) is 26.7 Å². The van der Waals surface area contributed by atoms with Gasteiger partial charge in [-0.25, -0.2) is 4.39 Å². The predicted molar refractivity (Wildman–Crippen MR) is 79.7 cm³/mol. The van der Waals surface area contributed by atoms with Crippen LogP contribution in [0, 0.1) is 5.82 Å². The maximum atomic E-state index is 13.3. The summed E-state index contributed by atoms with van der Waals surface area (Å²) in [5.41, 5.74) is 0.872. The molecular weight excluding hydrogens is 271 g/mol. The van der Waals surface area contributed by atoms with Gasteiger partial charge in [-0.1, -0.05) is 13.8 Å². The number of fused-ring (bicyclic) bond motifs is 1. The Hall–Kier alpha value is -2.17. The second-order valence-corrected chi connectivity index (χ2v) is 5.01. The summed E-state index contributed by atoms with van der Waals surface area (Å²) in [7, 11) is 0. The minimum absolute atomic E-state index is 0.228. The molecule has 0 saturated carbocycles. The second-order valence-electron chi connectivity index (χ2n) is 5.01. The second kappa shape index (κ2) is 6.52. The van der Waals surface area contributed by atoms with Gasteiger partial charge in [0.1, 0.15) is 5.82 Å². The Morgan fingerprint density at radius 1 is 1.19 bits per heavy atom. The van der Waals surface area contributed by atoms with Crippen LogP contribution >= 0.6 is 0 Å². The van der Waals surface area contributed by atoms with Gasteiger partial charge in [0.15, 0.2) is 0 Å². The van der Waals surface area contributed by atoms with Crippen molar-refractivity contribution < 1.29 is 14.0 Å². The highest BCUT2D eigenvalue weighted by Gasteiger charge is 2.24. The molecule has 0 unspecified atom stereocenters. The van der Waals surface area contributed by atoms with Crippen molar-refractivity contribution in [3.63, 3.8) is 0 Å². The fraction of sp³-hybridized carbons (Fsp3) is 0.375. The van der Waals surface area contributed by atoms with E-state index in [9.17, 15) is 14.0 Å². The molecular formula is C16H19FN2O2. The van der Waals surface area contributed by atoms with E-state index in [2.05, 4.69) is 4.98 Å². The zero-order valence-electron chi connectivity index (χ0n) is 12.3. The van der Waals surface area contributed by atoms with Crippen molar-refractivity contribution in [1.82, 2.24) is 9.88 Å². The van der Waals surface area contributed by atoms with E-state index < -0.39 is 17.5 Å². The maximum Gasteiger partial charge on any atom is 0.295 e. The number of amides is 1. The summed E-state index contributed by atoms with van der Waals surface area (Å²) in [6.45, 7) is 5.02. The first kappa shape index (κ1) is 15.2. The topological polar surface area (TPSA) is 53.2 Å². The normalized spacial score (nSPS) is 10.8. The number of nitrogens with one attached hydrogen (secondary N) is 1. The molecule has 0 spiro atoms. The number of hydrogen-bond donors (Lipinski definition) is 1. The van der Waals surface area contributed by atoms with Gasteiger partial charge in [0, 0.05) is 30.2 Å². The number of aromatic amines is 1. The number of carbonyl (C=O) groups is 2. The molecule has 1 aromatic carbocycles. The van der Waals surface area contributed by atoms with Crippen molar-refractivity contribution in [1.29, 1.82) is 0 Å². The van der Waals surface area contributed by atoms with Crippen LogP contribution in [0.4, 0.5) is 4.39 Å². The molecule has 0 saturated heterocycles. The Morgan fingerprint density at radius 3 is 2.48 bits per heavy atom. The molecule has 0 radical (unpaired) electrons. The maximum absolute atomic E-state index is 13.3. The average Bonchev–Trinajstić information content (AvgIpc) is 2.88. The zero-order chi connectivity index (χ0) is 15.4. The average molecular weight is 290 g/mol. The van der Waals surface area contributed by atoms with Gasteiger partial charge in [-0.3, -0.25) is 9.59 Å². The summed E-state index contributed by atoms with van der Waals surface area (Å²) in [4.78, 5) is 29.2. The fourth-order valence-electron chi connectivity index (χ4n) is 2.39. The van der Waals surface area contributed by atoms with Crippen LogP contribution in [0.3, 0.4) is 0 Å². The minimum atomic E-state index is -0.589. The van der Waals surface area contributed by atoms with Gasteiger partial charge in [-0.2, -0.15) is 0 Å². The van der Waals surface area contributed by atoms with Gasteiger partial charge in [-0.05, 0) is 31.0 Å². The van der Waals surface area contributed by atoms with E-state index in [0.717, 1.165) is 12.8 Å². The molecule has 4 nitrogen and oxygen atoms in total. The van der Waals surface area contributed by atoms with E-state index in [0.29, 0.717) is 24.0 Å². The van der Waals surface area contributed by atoms with Crippen molar-refractivity contribution in [2.75, 3.05) is 13.1 Å². The third-order valence-electron chi connectivity index (χ3n) is 3.36. The largest absolute Gasteiger partial charge is 0.360 e. The first-order chi connectivity index (χ1) is 10.1. The first-order valence-electron chi connectivity index (χ1n) is 7.18. The summed E-state index contributed by atoms with van der Waals surface area (Å²) >= 11 is 0. The molecule has 0 aliphatic carbocycles. The van der Waals surface area contributed by atoms with Crippen LogP contribution in [-0.4, -0.2) is 34.7 Å². The van der Waals surface area contributed by atoms with Gasteiger partial charge in [0.2, 0.25) is 0 Å². The van der Waals surface area contributed by atoms with E-state index >= 15 is 0 Å². The van der Waals surface area contributed by atoms with E-state index in [1.165, 1.54) is 18.3 Å². The molecule has 2 aromatic rings. The van der Waals surface area contributed by atoms with Gasteiger partial charge in [-0.15, -0.1) is 0 Å². The number of H-pyrrole nitrogens is 1. The van der Waals surface area contributed by atoms with Crippen LogP contribution < -0.4 is 0 Å². The highest BCUT2D eigenvalue weighted by Crippen LogP contribution is 2.20. The Kier molecular flexibility index (Phi) is 4.73. The van der Waals surface area contributed by atoms with Crippen LogP contribution in [-0.2, 0) is 4.79 Å². The number of halogens is 1. The molecule has 0 bridgehead atoms. The standard InChI is InChI=1S/C16H19FN2O2/c1-3-7-19(8-4-2)16(21)15(20)13-10-18-14-6-5-11(17)9-12(13)14/h5-6,9-10,18H,3-4,7-8H2,1-2H3. The summed E-state index contributed by atoms with van der Waals surface area (Å²) in [5.74, 6) is -1.54. The zero-order valence-corrected chi connectivity index (χ0v) is 12.3. The molecule has 0 fully saturated rings. The number of benzene rings is 1. The van der Waals surface area contributed by atoms with Crippen molar-refractivity contribution in [3.05, 3.63) is 35.8 Å². The summed E-state index contributed by atoms with van der Waals surface area (Å²) in [6, 6.07) is 4.15. The number of hydrogen-bond acceptors (Lipinski definition) is 2. The van der Waals surface area contributed by atoms with Crippen molar-refractivity contribution >= 4 is 22.6 Å². The third-order valence-corrected chi connectivity index (χ3v) is 3.36. The Bertz CT molecular complexity index is 657. The van der Waals surface area contributed by atoms with Crippen molar-refractivity contribution in [3.8, 4) is 0 Å². The van der Waals surface area contributed by atoms with Gasteiger partial charge < -0.3 is 9.88 Å². The van der Waals surface area contributed by atoms with Crippen LogP contribution in [0.1, 0.15) is 37.0 Å².